The third kappa shape index (κ3) is 7.54. The average Bonchev–Trinajstić information content (AvgIpc) is 4.21. The summed E-state index contributed by atoms with van der Waals surface area (Å²) in [6.45, 7) is 12.3. The minimum absolute atomic E-state index is 0.727. The highest BCUT2D eigenvalue weighted by Gasteiger charge is 2.20. The molecule has 11 aromatic rings. The number of para-hydroxylation sites is 2. The molecule has 0 amide bonds. The Labute approximate surface area is 381 Å². The molecule has 4 aromatic carbocycles. The topological polar surface area (TPSA) is 174 Å². The first-order valence-corrected chi connectivity index (χ1v) is 22.7. The first kappa shape index (κ1) is 40.8. The Morgan fingerprint density at radius 3 is 1.92 bits per heavy atom. The second kappa shape index (κ2) is 17.2. The van der Waals surface area contributed by atoms with Crippen LogP contribution in [0.15, 0.2) is 116 Å². The van der Waals surface area contributed by atoms with Gasteiger partial charge in [-0.25, -0.2) is 15.0 Å². The number of nitrogens with one attached hydrogen (secondary N) is 5. The number of benzene rings is 4. The van der Waals surface area contributed by atoms with Gasteiger partial charge in [-0.2, -0.15) is 10.2 Å². The summed E-state index contributed by atoms with van der Waals surface area (Å²) in [5.74, 6) is 1.52. The van der Waals surface area contributed by atoms with E-state index in [1.165, 1.54) is 41.6 Å². The second-order valence-electron chi connectivity index (χ2n) is 17.1. The van der Waals surface area contributed by atoms with Gasteiger partial charge in [-0.1, -0.05) is 31.2 Å². The fourth-order valence-corrected chi connectivity index (χ4v) is 9.20. The van der Waals surface area contributed by atoms with Crippen LogP contribution in [0.2, 0.25) is 0 Å². The van der Waals surface area contributed by atoms with Crippen molar-refractivity contribution in [1.29, 1.82) is 0 Å². The van der Waals surface area contributed by atoms with Crippen LogP contribution in [0.25, 0.3) is 94.9 Å². The van der Waals surface area contributed by atoms with Crippen molar-refractivity contribution >= 4 is 49.6 Å². The molecule has 0 saturated carbocycles. The van der Waals surface area contributed by atoms with Crippen molar-refractivity contribution in [3.8, 4) is 51.0 Å². The summed E-state index contributed by atoms with van der Waals surface area (Å²) in [5, 5.41) is 21.0. The molecule has 0 radical (unpaired) electrons. The van der Waals surface area contributed by atoms with E-state index in [2.05, 4.69) is 131 Å². The molecule has 5 N–H and O–H groups in total. The fraction of sp³-hybridized carbons (Fsp3) is 0.212. The van der Waals surface area contributed by atoms with E-state index in [0.29, 0.717) is 0 Å². The zero-order valence-corrected chi connectivity index (χ0v) is 37.4. The summed E-state index contributed by atoms with van der Waals surface area (Å²) in [7, 11) is 0. The van der Waals surface area contributed by atoms with Crippen LogP contribution >= 0.6 is 0 Å². The van der Waals surface area contributed by atoms with Gasteiger partial charge in [-0.15, -0.1) is 0 Å². The van der Waals surface area contributed by atoms with E-state index in [-0.39, 0.29) is 0 Å². The van der Waals surface area contributed by atoms with E-state index >= 15 is 0 Å². The van der Waals surface area contributed by atoms with Crippen LogP contribution < -0.4 is 10.2 Å². The average molecular weight is 871 g/mol. The van der Waals surface area contributed by atoms with Gasteiger partial charge in [0.1, 0.15) is 22.4 Å². The molecule has 0 aliphatic carbocycles. The molecular weight excluding hydrogens is 821 g/mol. The van der Waals surface area contributed by atoms with Crippen LogP contribution in [0, 0.1) is 20.8 Å². The second-order valence-corrected chi connectivity index (χ2v) is 17.1. The standard InChI is InChI=1S/C28H31N7.C24H19N7/c1-3-29-15-20-16-30-17-22(18(20)2)19-10-11-23-21(14-19)26(34-33-23)28-31-24-8-7-9-25(27(24)32-28)35-12-5-4-6-13-35;1-14-8-9-25-11-18(14)16-6-7-19-17(10-16)22(30-29-19)24-27-20-4-3-5-21(23(20)28-24)31-12-15(2)26-13-31/h7-11,14,16-17,29H,3-6,12-13,15H2,1-2H3,(H,31,32)(H,33,34);3-13H,1-2H3,(H,27,28)(H,29,30). The van der Waals surface area contributed by atoms with E-state index < -0.39 is 0 Å². The van der Waals surface area contributed by atoms with Gasteiger partial charge >= 0.3 is 0 Å². The Hall–Kier alpha value is -7.97. The number of hydrogen-bond acceptors (Lipinski definition) is 9. The number of aromatic nitrogens is 12. The van der Waals surface area contributed by atoms with Gasteiger partial charge in [0.2, 0.25) is 0 Å². The predicted octanol–water partition coefficient (Wildman–Crippen LogP) is 10.5. The summed E-state index contributed by atoms with van der Waals surface area (Å²) in [6.07, 6.45) is 15.2. The Morgan fingerprint density at radius 1 is 0.652 bits per heavy atom. The summed E-state index contributed by atoms with van der Waals surface area (Å²) < 4.78 is 1.99. The molecule has 66 heavy (non-hydrogen) atoms. The molecule has 7 aromatic heterocycles. The molecule has 14 heteroatoms. The van der Waals surface area contributed by atoms with Crippen molar-refractivity contribution in [1.82, 2.24) is 65.2 Å². The quantitative estimate of drug-likeness (QED) is 0.0946. The molecule has 8 heterocycles. The number of anilines is 1. The summed E-state index contributed by atoms with van der Waals surface area (Å²) in [5.41, 5.74) is 18.8. The Kier molecular flexibility index (Phi) is 10.6. The maximum Gasteiger partial charge on any atom is 0.159 e. The molecule has 1 saturated heterocycles. The molecule has 0 bridgehead atoms. The lowest BCUT2D eigenvalue weighted by atomic mass is 9.98. The number of imidazole rings is 3. The normalized spacial score (nSPS) is 13.0. The molecule has 0 atom stereocenters. The van der Waals surface area contributed by atoms with Crippen LogP contribution in [0.3, 0.4) is 0 Å². The minimum Gasteiger partial charge on any atom is -0.370 e. The fourth-order valence-electron chi connectivity index (χ4n) is 9.20. The van der Waals surface area contributed by atoms with E-state index in [1.54, 1.807) is 0 Å². The Bertz CT molecular complexity index is 3520. The summed E-state index contributed by atoms with van der Waals surface area (Å²) in [6, 6.07) is 27.2. The number of nitrogens with zero attached hydrogens (tertiary/aromatic N) is 9. The van der Waals surface area contributed by atoms with Crippen molar-refractivity contribution < 1.29 is 0 Å². The number of aromatic amines is 4. The largest absolute Gasteiger partial charge is 0.370 e. The summed E-state index contributed by atoms with van der Waals surface area (Å²) in [4.78, 5) is 32.5. The van der Waals surface area contributed by atoms with Crippen LogP contribution in [0.4, 0.5) is 5.69 Å². The van der Waals surface area contributed by atoms with Crippen molar-refractivity contribution in [2.75, 3.05) is 24.5 Å². The zero-order chi connectivity index (χ0) is 44.7. The molecule has 1 aliphatic rings. The maximum absolute atomic E-state index is 5.05. The van der Waals surface area contributed by atoms with Gasteiger partial charge < -0.3 is 24.8 Å². The molecule has 1 fully saturated rings. The van der Waals surface area contributed by atoms with Gasteiger partial charge in [-0.05, 0) is 129 Å². The van der Waals surface area contributed by atoms with E-state index in [0.717, 1.165) is 127 Å². The van der Waals surface area contributed by atoms with Crippen LogP contribution in [0.1, 0.15) is 48.6 Å². The molecule has 12 rings (SSSR count). The lowest BCUT2D eigenvalue weighted by Gasteiger charge is -2.28. The monoisotopic (exact) mass is 870 g/mol. The number of H-pyrrole nitrogens is 4. The SMILES string of the molecule is CCNCc1cncc(-c2ccc3[nH]nc(-c4nc5c(N6CCCCC6)cccc5[nH]4)c3c2)c1C.Cc1cn(-c2cccc3[nH]c(-c4n[nH]c5ccc(-c6cnccc6C)cc45)nc23)cn1. The van der Waals surface area contributed by atoms with Gasteiger partial charge in [0, 0.05) is 72.5 Å². The van der Waals surface area contributed by atoms with Crippen molar-refractivity contribution in [2.45, 2.75) is 53.5 Å². The van der Waals surface area contributed by atoms with Gasteiger partial charge in [0.25, 0.3) is 0 Å². The summed E-state index contributed by atoms with van der Waals surface area (Å²) >= 11 is 0. The van der Waals surface area contributed by atoms with Crippen molar-refractivity contribution in [2.24, 2.45) is 0 Å². The first-order valence-electron chi connectivity index (χ1n) is 22.7. The molecule has 1 aliphatic heterocycles. The predicted molar refractivity (Wildman–Crippen MR) is 264 cm³/mol. The number of rotatable bonds is 9. The van der Waals surface area contributed by atoms with Gasteiger partial charge in [0.15, 0.2) is 11.6 Å². The number of pyridine rings is 2. The maximum atomic E-state index is 5.05. The van der Waals surface area contributed by atoms with Gasteiger partial charge in [0.05, 0.1) is 45.5 Å². The van der Waals surface area contributed by atoms with Crippen molar-refractivity contribution in [3.63, 3.8) is 0 Å². The highest BCUT2D eigenvalue weighted by molar-refractivity contribution is 5.99. The molecule has 0 unspecified atom stereocenters. The van der Waals surface area contributed by atoms with Crippen LogP contribution in [-0.2, 0) is 6.54 Å². The third-order valence-electron chi connectivity index (χ3n) is 12.8. The smallest absolute Gasteiger partial charge is 0.159 e. The lowest BCUT2D eigenvalue weighted by Crippen LogP contribution is -2.29. The Balaban J connectivity index is 0.000000147. The van der Waals surface area contributed by atoms with E-state index in [9.17, 15) is 0 Å². The first-order chi connectivity index (χ1) is 32.4. The van der Waals surface area contributed by atoms with Crippen LogP contribution in [-0.4, -0.2) is 79.5 Å². The minimum atomic E-state index is 0.727. The van der Waals surface area contributed by atoms with Gasteiger partial charge in [-0.3, -0.25) is 20.2 Å². The number of piperidine rings is 1. The lowest BCUT2D eigenvalue weighted by molar-refractivity contribution is 0.579. The number of hydrogen-bond donors (Lipinski definition) is 5. The molecule has 14 nitrogen and oxygen atoms in total. The molecule has 0 spiro atoms. The van der Waals surface area contributed by atoms with Crippen LogP contribution in [0.5, 0.6) is 0 Å². The van der Waals surface area contributed by atoms with Crippen molar-refractivity contribution in [3.05, 3.63) is 139 Å². The zero-order valence-electron chi connectivity index (χ0n) is 37.4. The molecule has 328 valence electrons. The third-order valence-corrected chi connectivity index (χ3v) is 12.8. The van der Waals surface area contributed by atoms with E-state index in [1.807, 2.05) is 73.1 Å². The number of fused-ring (bicyclic) bond motifs is 4. The van der Waals surface area contributed by atoms with E-state index in [4.69, 9.17) is 9.97 Å². The highest BCUT2D eigenvalue weighted by atomic mass is 15.2. The number of aryl methyl sites for hydroxylation is 2. The Morgan fingerprint density at radius 2 is 1.29 bits per heavy atom. The molecular formula is C52H50N14. The highest BCUT2D eigenvalue weighted by Crippen LogP contribution is 2.36.